The lowest BCUT2D eigenvalue weighted by Gasteiger charge is -2.36. The van der Waals surface area contributed by atoms with Crippen molar-refractivity contribution < 1.29 is 9.84 Å². The number of benzene rings is 2. The number of aryl methyl sites for hydroxylation is 1. The van der Waals surface area contributed by atoms with Crippen LogP contribution in [-0.4, -0.2) is 56.4 Å². The number of methoxy groups -OCH3 is 1. The van der Waals surface area contributed by atoms with Crippen LogP contribution >= 0.6 is 0 Å². The third kappa shape index (κ3) is 5.88. The van der Waals surface area contributed by atoms with Crippen molar-refractivity contribution in [1.82, 2.24) is 10.2 Å². The molecule has 0 saturated carbocycles. The van der Waals surface area contributed by atoms with Gasteiger partial charge in [0.25, 0.3) is 0 Å². The molecule has 1 fully saturated rings. The largest absolute Gasteiger partial charge is 0.504 e. The average Bonchev–Trinajstić information content (AvgIpc) is 2.71. The third-order valence-corrected chi connectivity index (χ3v) is 5.39. The van der Waals surface area contributed by atoms with Crippen molar-refractivity contribution in [3.63, 3.8) is 0 Å². The van der Waals surface area contributed by atoms with E-state index in [1.54, 1.807) is 13.2 Å². The molecule has 1 saturated heterocycles. The molecule has 5 nitrogen and oxygen atoms in total. The SMILES string of the molecule is COc1ccc(CNCCCCN2CCN(c3cccc(C)c3)CC2)cc1O. The Kier molecular flexibility index (Phi) is 7.57. The van der Waals surface area contributed by atoms with E-state index < -0.39 is 0 Å². The third-order valence-electron chi connectivity index (χ3n) is 5.39. The van der Waals surface area contributed by atoms with Crippen LogP contribution in [0.2, 0.25) is 0 Å². The molecule has 5 heteroatoms. The topological polar surface area (TPSA) is 48.0 Å². The minimum atomic E-state index is 0.201. The highest BCUT2D eigenvalue weighted by Crippen LogP contribution is 2.26. The first-order valence-corrected chi connectivity index (χ1v) is 10.3. The molecule has 3 rings (SSSR count). The summed E-state index contributed by atoms with van der Waals surface area (Å²) in [5.74, 6) is 0.720. The van der Waals surface area contributed by atoms with Crippen LogP contribution in [0.1, 0.15) is 24.0 Å². The summed E-state index contributed by atoms with van der Waals surface area (Å²) in [5.41, 5.74) is 3.76. The number of hydrogen-bond acceptors (Lipinski definition) is 5. The molecule has 1 aliphatic heterocycles. The van der Waals surface area contributed by atoms with Gasteiger partial charge in [-0.3, -0.25) is 4.90 Å². The second-order valence-corrected chi connectivity index (χ2v) is 7.56. The lowest BCUT2D eigenvalue weighted by Crippen LogP contribution is -2.46. The number of rotatable bonds is 9. The van der Waals surface area contributed by atoms with E-state index in [0.29, 0.717) is 5.75 Å². The molecule has 1 heterocycles. The summed E-state index contributed by atoms with van der Waals surface area (Å²) in [6, 6.07) is 14.4. The molecular weight excluding hydrogens is 350 g/mol. The van der Waals surface area contributed by atoms with Gasteiger partial charge in [-0.25, -0.2) is 0 Å². The smallest absolute Gasteiger partial charge is 0.160 e. The van der Waals surface area contributed by atoms with E-state index in [-0.39, 0.29) is 5.75 Å². The molecule has 28 heavy (non-hydrogen) atoms. The summed E-state index contributed by atoms with van der Waals surface area (Å²) in [7, 11) is 1.56. The molecule has 0 spiro atoms. The van der Waals surface area contributed by atoms with E-state index in [1.807, 2.05) is 12.1 Å². The van der Waals surface area contributed by atoms with Crippen molar-refractivity contribution >= 4 is 5.69 Å². The molecule has 0 aromatic heterocycles. The number of phenols is 1. The second kappa shape index (κ2) is 10.3. The van der Waals surface area contributed by atoms with Crippen molar-refractivity contribution in [3.05, 3.63) is 53.6 Å². The van der Waals surface area contributed by atoms with Gasteiger partial charge in [0.05, 0.1) is 7.11 Å². The first kappa shape index (κ1) is 20.5. The molecule has 2 aromatic carbocycles. The van der Waals surface area contributed by atoms with Gasteiger partial charge in [0.1, 0.15) is 0 Å². The number of piperazine rings is 1. The zero-order chi connectivity index (χ0) is 19.8. The summed E-state index contributed by atoms with van der Waals surface area (Å²) < 4.78 is 5.07. The van der Waals surface area contributed by atoms with Crippen LogP contribution < -0.4 is 15.0 Å². The van der Waals surface area contributed by atoms with Gasteiger partial charge in [0.2, 0.25) is 0 Å². The standard InChI is InChI=1S/C23H33N3O2/c1-19-6-5-7-21(16-19)26-14-12-25(13-15-26)11-4-3-10-24-18-20-8-9-23(28-2)22(27)17-20/h5-9,16-17,24,27H,3-4,10-15,18H2,1-2H3. The Morgan fingerprint density at radius 2 is 1.86 bits per heavy atom. The molecule has 0 amide bonds. The molecule has 2 N–H and O–H groups in total. The van der Waals surface area contributed by atoms with Crippen molar-refractivity contribution in [3.8, 4) is 11.5 Å². The van der Waals surface area contributed by atoms with Gasteiger partial charge in [-0.05, 0) is 68.2 Å². The van der Waals surface area contributed by atoms with Crippen LogP contribution in [-0.2, 0) is 6.54 Å². The van der Waals surface area contributed by atoms with Gasteiger partial charge in [-0.15, -0.1) is 0 Å². The Morgan fingerprint density at radius 3 is 2.57 bits per heavy atom. The number of hydrogen-bond donors (Lipinski definition) is 2. The maximum absolute atomic E-state index is 9.82. The van der Waals surface area contributed by atoms with Crippen molar-refractivity contribution in [2.75, 3.05) is 51.3 Å². The van der Waals surface area contributed by atoms with E-state index >= 15 is 0 Å². The van der Waals surface area contributed by atoms with E-state index in [9.17, 15) is 5.11 Å². The summed E-state index contributed by atoms with van der Waals surface area (Å²) in [6.07, 6.45) is 2.38. The van der Waals surface area contributed by atoms with E-state index in [1.165, 1.54) is 30.6 Å². The maximum Gasteiger partial charge on any atom is 0.160 e. The Bertz CT molecular complexity index is 742. The van der Waals surface area contributed by atoms with Crippen LogP contribution in [0.5, 0.6) is 11.5 Å². The molecule has 0 unspecified atom stereocenters. The molecule has 1 aliphatic rings. The van der Waals surface area contributed by atoms with Gasteiger partial charge in [0.15, 0.2) is 11.5 Å². The lowest BCUT2D eigenvalue weighted by molar-refractivity contribution is 0.252. The number of nitrogens with one attached hydrogen (secondary N) is 1. The molecule has 0 atom stereocenters. The molecule has 0 radical (unpaired) electrons. The number of unbranched alkanes of at least 4 members (excludes halogenated alkanes) is 1. The van der Waals surface area contributed by atoms with Gasteiger partial charge >= 0.3 is 0 Å². The summed E-state index contributed by atoms with van der Waals surface area (Å²) in [6.45, 7) is 9.62. The molecule has 0 aliphatic carbocycles. The first-order chi connectivity index (χ1) is 13.7. The zero-order valence-electron chi connectivity index (χ0n) is 17.2. The lowest BCUT2D eigenvalue weighted by atomic mass is 10.2. The minimum absolute atomic E-state index is 0.201. The highest BCUT2D eigenvalue weighted by atomic mass is 16.5. The Labute approximate surface area is 168 Å². The predicted molar refractivity (Wildman–Crippen MR) is 115 cm³/mol. The Morgan fingerprint density at radius 1 is 1.04 bits per heavy atom. The van der Waals surface area contributed by atoms with Crippen molar-refractivity contribution in [2.45, 2.75) is 26.3 Å². The molecule has 152 valence electrons. The normalized spacial score (nSPS) is 15.0. The fourth-order valence-corrected chi connectivity index (χ4v) is 3.72. The number of phenolic OH excluding ortho intramolecular Hbond substituents is 1. The number of anilines is 1. The Hall–Kier alpha value is -2.24. The van der Waals surface area contributed by atoms with E-state index in [0.717, 1.165) is 44.8 Å². The van der Waals surface area contributed by atoms with E-state index in [4.69, 9.17) is 4.74 Å². The highest BCUT2D eigenvalue weighted by Gasteiger charge is 2.16. The van der Waals surface area contributed by atoms with Crippen LogP contribution in [0.4, 0.5) is 5.69 Å². The highest BCUT2D eigenvalue weighted by molar-refractivity contribution is 5.48. The monoisotopic (exact) mass is 383 g/mol. The van der Waals surface area contributed by atoms with Gasteiger partial charge in [0, 0.05) is 38.4 Å². The minimum Gasteiger partial charge on any atom is -0.504 e. The van der Waals surface area contributed by atoms with Crippen LogP contribution in [0.15, 0.2) is 42.5 Å². The second-order valence-electron chi connectivity index (χ2n) is 7.56. The first-order valence-electron chi connectivity index (χ1n) is 10.3. The molecular formula is C23H33N3O2. The Balaban J connectivity index is 1.28. The number of ether oxygens (including phenoxy) is 1. The van der Waals surface area contributed by atoms with Gasteiger partial charge in [-0.1, -0.05) is 18.2 Å². The van der Waals surface area contributed by atoms with Crippen LogP contribution in [0, 0.1) is 6.92 Å². The van der Waals surface area contributed by atoms with Gasteiger partial charge in [-0.2, -0.15) is 0 Å². The molecule has 2 aromatic rings. The number of aromatic hydroxyl groups is 1. The fraction of sp³-hybridized carbons (Fsp3) is 0.478. The number of nitrogens with zero attached hydrogens (tertiary/aromatic N) is 2. The van der Waals surface area contributed by atoms with Crippen LogP contribution in [0.3, 0.4) is 0 Å². The molecule has 0 bridgehead atoms. The summed E-state index contributed by atoms with van der Waals surface area (Å²) in [4.78, 5) is 5.07. The predicted octanol–water partition coefficient (Wildman–Crippen LogP) is 3.40. The van der Waals surface area contributed by atoms with Gasteiger partial charge < -0.3 is 20.1 Å². The van der Waals surface area contributed by atoms with Crippen molar-refractivity contribution in [2.24, 2.45) is 0 Å². The summed E-state index contributed by atoms with van der Waals surface area (Å²) >= 11 is 0. The maximum atomic E-state index is 9.82. The summed E-state index contributed by atoms with van der Waals surface area (Å²) in [5, 5.41) is 13.3. The zero-order valence-corrected chi connectivity index (χ0v) is 17.2. The quantitative estimate of drug-likeness (QED) is 0.650. The average molecular weight is 384 g/mol. The fourth-order valence-electron chi connectivity index (χ4n) is 3.72. The van der Waals surface area contributed by atoms with Crippen LogP contribution in [0.25, 0.3) is 0 Å². The van der Waals surface area contributed by atoms with E-state index in [2.05, 4.69) is 46.3 Å². The van der Waals surface area contributed by atoms with Crippen molar-refractivity contribution in [1.29, 1.82) is 0 Å².